The molecular weight excluding hydrogens is 268 g/mol. The minimum absolute atomic E-state index is 0.286. The number of nitrogen functional groups attached to an aromatic ring is 2. The lowest BCUT2D eigenvalue weighted by Gasteiger charge is -2.05. The molecule has 0 fully saturated rings. The summed E-state index contributed by atoms with van der Waals surface area (Å²) in [6.07, 6.45) is 2.98. The summed E-state index contributed by atoms with van der Waals surface area (Å²) in [7, 11) is 1.60. The van der Waals surface area contributed by atoms with Crippen LogP contribution in [0.15, 0.2) is 48.5 Å². The second-order valence-electron chi connectivity index (χ2n) is 4.32. The lowest BCUT2D eigenvalue weighted by molar-refractivity contribution is -0.128. The zero-order valence-electron chi connectivity index (χ0n) is 11.6. The normalized spacial score (nSPS) is 10.5. The van der Waals surface area contributed by atoms with E-state index in [9.17, 15) is 4.79 Å². The van der Waals surface area contributed by atoms with E-state index in [-0.39, 0.29) is 5.75 Å². The highest BCUT2D eigenvalue weighted by molar-refractivity contribution is 5.89. The van der Waals surface area contributed by atoms with Crippen LogP contribution in [0.4, 0.5) is 11.4 Å². The number of anilines is 2. The van der Waals surface area contributed by atoms with Crippen molar-refractivity contribution in [3.05, 3.63) is 54.1 Å². The number of rotatable bonds is 4. The van der Waals surface area contributed by atoms with Gasteiger partial charge in [0.25, 0.3) is 0 Å². The van der Waals surface area contributed by atoms with Gasteiger partial charge in [-0.05, 0) is 42.0 Å². The fourth-order valence-electron chi connectivity index (χ4n) is 1.68. The van der Waals surface area contributed by atoms with Crippen molar-refractivity contribution in [2.24, 2.45) is 0 Å². The Balaban J connectivity index is 2.01. The van der Waals surface area contributed by atoms with Crippen LogP contribution in [-0.2, 0) is 4.79 Å². The Kier molecular flexibility index (Phi) is 4.46. The molecule has 108 valence electrons. The molecular formula is C16H16N2O3. The van der Waals surface area contributed by atoms with Gasteiger partial charge in [-0.1, -0.05) is 12.1 Å². The Bertz CT molecular complexity index is 664. The largest absolute Gasteiger partial charge is 0.497 e. The maximum absolute atomic E-state index is 11.7. The molecule has 0 spiro atoms. The highest BCUT2D eigenvalue weighted by Gasteiger charge is 2.05. The molecule has 2 rings (SSSR count). The van der Waals surface area contributed by atoms with Gasteiger partial charge in [-0.3, -0.25) is 0 Å². The first-order valence-corrected chi connectivity index (χ1v) is 6.27. The summed E-state index contributed by atoms with van der Waals surface area (Å²) >= 11 is 0. The van der Waals surface area contributed by atoms with Gasteiger partial charge in [0.2, 0.25) is 0 Å². The monoisotopic (exact) mass is 284 g/mol. The van der Waals surface area contributed by atoms with Crippen LogP contribution in [0.2, 0.25) is 0 Å². The second kappa shape index (κ2) is 6.47. The van der Waals surface area contributed by atoms with E-state index in [1.807, 2.05) is 24.3 Å². The smallest absolute Gasteiger partial charge is 0.336 e. The number of benzene rings is 2. The van der Waals surface area contributed by atoms with Crippen molar-refractivity contribution < 1.29 is 14.3 Å². The van der Waals surface area contributed by atoms with Crippen LogP contribution in [-0.4, -0.2) is 13.1 Å². The summed E-state index contributed by atoms with van der Waals surface area (Å²) in [5.74, 6) is 0.528. The van der Waals surface area contributed by atoms with Crippen LogP contribution in [0.25, 0.3) is 6.08 Å². The molecule has 0 aliphatic heterocycles. The van der Waals surface area contributed by atoms with E-state index in [1.165, 1.54) is 12.1 Å². The number of hydrogen-bond donors (Lipinski definition) is 2. The lowest BCUT2D eigenvalue weighted by atomic mass is 10.2. The molecule has 0 heterocycles. The molecule has 21 heavy (non-hydrogen) atoms. The molecule has 2 aromatic carbocycles. The van der Waals surface area contributed by atoms with Crippen molar-refractivity contribution >= 4 is 23.4 Å². The number of hydrogen-bond acceptors (Lipinski definition) is 5. The predicted molar refractivity (Wildman–Crippen MR) is 82.9 cm³/mol. The molecule has 4 N–H and O–H groups in total. The van der Waals surface area contributed by atoms with Crippen LogP contribution in [0.3, 0.4) is 0 Å². The molecule has 5 heteroatoms. The Morgan fingerprint density at radius 1 is 1.10 bits per heavy atom. The lowest BCUT2D eigenvalue weighted by Crippen LogP contribution is -2.06. The third-order valence-corrected chi connectivity index (χ3v) is 2.77. The first-order valence-electron chi connectivity index (χ1n) is 6.27. The van der Waals surface area contributed by atoms with Crippen molar-refractivity contribution in [2.75, 3.05) is 18.6 Å². The SMILES string of the molecule is COc1ccc(/C=C/C(=O)Oc2ccc(N)cc2N)cc1. The van der Waals surface area contributed by atoms with Gasteiger partial charge < -0.3 is 20.9 Å². The minimum atomic E-state index is -0.512. The number of nitrogens with two attached hydrogens (primary N) is 2. The van der Waals surface area contributed by atoms with E-state index in [1.54, 1.807) is 25.3 Å². The summed E-state index contributed by atoms with van der Waals surface area (Å²) in [4.78, 5) is 11.7. The molecule has 2 aromatic rings. The van der Waals surface area contributed by atoms with E-state index >= 15 is 0 Å². The third kappa shape index (κ3) is 4.01. The Labute approximate surface area is 122 Å². The van der Waals surface area contributed by atoms with E-state index in [0.717, 1.165) is 11.3 Å². The zero-order valence-corrected chi connectivity index (χ0v) is 11.6. The number of esters is 1. The van der Waals surface area contributed by atoms with Gasteiger partial charge in [-0.2, -0.15) is 0 Å². The zero-order chi connectivity index (χ0) is 15.2. The van der Waals surface area contributed by atoms with Gasteiger partial charge in [-0.25, -0.2) is 4.79 Å². The molecule has 0 aliphatic carbocycles. The van der Waals surface area contributed by atoms with Crippen LogP contribution < -0.4 is 20.9 Å². The molecule has 5 nitrogen and oxygen atoms in total. The topological polar surface area (TPSA) is 87.6 Å². The minimum Gasteiger partial charge on any atom is -0.497 e. The average Bonchev–Trinajstić information content (AvgIpc) is 2.48. The van der Waals surface area contributed by atoms with Crippen molar-refractivity contribution in [3.8, 4) is 11.5 Å². The first-order chi connectivity index (χ1) is 10.1. The first kappa shape index (κ1) is 14.5. The fourth-order valence-corrected chi connectivity index (χ4v) is 1.68. The van der Waals surface area contributed by atoms with Crippen LogP contribution in [0.1, 0.15) is 5.56 Å². The van der Waals surface area contributed by atoms with Crippen molar-refractivity contribution in [1.82, 2.24) is 0 Å². The summed E-state index contributed by atoms with van der Waals surface area (Å²) in [6.45, 7) is 0. The van der Waals surface area contributed by atoms with Gasteiger partial charge in [-0.15, -0.1) is 0 Å². The molecule has 0 atom stereocenters. The Morgan fingerprint density at radius 3 is 2.43 bits per heavy atom. The van der Waals surface area contributed by atoms with E-state index in [0.29, 0.717) is 11.4 Å². The number of ether oxygens (including phenoxy) is 2. The average molecular weight is 284 g/mol. The van der Waals surface area contributed by atoms with Crippen molar-refractivity contribution in [3.63, 3.8) is 0 Å². The van der Waals surface area contributed by atoms with Crippen molar-refractivity contribution in [1.29, 1.82) is 0 Å². The van der Waals surface area contributed by atoms with E-state index < -0.39 is 5.97 Å². The van der Waals surface area contributed by atoms with Gasteiger partial charge in [0.15, 0.2) is 5.75 Å². The quantitative estimate of drug-likeness (QED) is 0.390. The maximum Gasteiger partial charge on any atom is 0.336 e. The third-order valence-electron chi connectivity index (χ3n) is 2.77. The molecule has 0 aliphatic rings. The standard InChI is InChI=1S/C16H16N2O3/c1-20-13-6-2-11(3-7-13)4-9-16(19)21-15-8-5-12(17)10-14(15)18/h2-10H,17-18H2,1H3/b9-4+. The van der Waals surface area contributed by atoms with E-state index in [2.05, 4.69) is 0 Å². The second-order valence-corrected chi connectivity index (χ2v) is 4.32. The summed E-state index contributed by atoms with van der Waals surface area (Å²) < 4.78 is 10.2. The molecule has 0 saturated heterocycles. The highest BCUT2D eigenvalue weighted by Crippen LogP contribution is 2.23. The van der Waals surface area contributed by atoms with Gasteiger partial charge >= 0.3 is 5.97 Å². The van der Waals surface area contributed by atoms with Crippen molar-refractivity contribution in [2.45, 2.75) is 0 Å². The molecule has 0 radical (unpaired) electrons. The molecule has 0 bridgehead atoms. The maximum atomic E-state index is 11.7. The molecule has 0 amide bonds. The molecule has 0 unspecified atom stereocenters. The van der Waals surface area contributed by atoms with Gasteiger partial charge in [0.05, 0.1) is 12.8 Å². The number of methoxy groups -OCH3 is 1. The van der Waals surface area contributed by atoms with Gasteiger partial charge in [0.1, 0.15) is 5.75 Å². The van der Waals surface area contributed by atoms with Crippen LogP contribution >= 0.6 is 0 Å². The van der Waals surface area contributed by atoms with Crippen LogP contribution in [0.5, 0.6) is 11.5 Å². The van der Waals surface area contributed by atoms with Gasteiger partial charge in [0, 0.05) is 11.8 Å². The Morgan fingerprint density at radius 2 is 1.81 bits per heavy atom. The van der Waals surface area contributed by atoms with E-state index in [4.69, 9.17) is 20.9 Å². The summed E-state index contributed by atoms with van der Waals surface area (Å²) in [5.41, 5.74) is 13.0. The molecule has 0 saturated carbocycles. The molecule has 0 aromatic heterocycles. The summed E-state index contributed by atoms with van der Waals surface area (Å²) in [6, 6.07) is 12.0. The number of carbonyl (C=O) groups is 1. The highest BCUT2D eigenvalue weighted by atomic mass is 16.5. The van der Waals surface area contributed by atoms with Crippen LogP contribution in [0, 0.1) is 0 Å². The Hall–Kier alpha value is -2.95. The number of carbonyl (C=O) groups excluding carboxylic acids is 1. The summed E-state index contributed by atoms with van der Waals surface area (Å²) in [5, 5.41) is 0. The predicted octanol–water partition coefficient (Wildman–Crippen LogP) is 2.48. The fraction of sp³-hybridized carbons (Fsp3) is 0.0625.